The maximum atomic E-state index is 4.46. The van der Waals surface area contributed by atoms with Gasteiger partial charge in [-0.15, -0.1) is 0 Å². The lowest BCUT2D eigenvalue weighted by Gasteiger charge is -2.14. The molecule has 0 spiro atoms. The largest absolute Gasteiger partial charge is 0.354 e. The number of nitrogens with one attached hydrogen (secondary N) is 2. The van der Waals surface area contributed by atoms with Crippen LogP contribution in [0.25, 0.3) is 5.95 Å². The second kappa shape index (κ2) is 5.88. The van der Waals surface area contributed by atoms with E-state index in [9.17, 15) is 0 Å². The monoisotopic (exact) mass is 305 g/mol. The lowest BCUT2D eigenvalue weighted by atomic mass is 10.4. The van der Waals surface area contributed by atoms with E-state index >= 15 is 0 Å². The number of imidazole rings is 1. The van der Waals surface area contributed by atoms with E-state index in [1.54, 1.807) is 17.1 Å². The van der Waals surface area contributed by atoms with Gasteiger partial charge in [-0.25, -0.2) is 4.98 Å². The number of hydrogen-bond donors (Lipinski definition) is 2. The molecule has 112 valence electrons. The molecule has 2 N–H and O–H groups in total. The van der Waals surface area contributed by atoms with Crippen LogP contribution in [0.5, 0.6) is 0 Å². The zero-order chi connectivity index (χ0) is 14.7. The Hall–Kier alpha value is -1.83. The molecule has 1 saturated carbocycles. The van der Waals surface area contributed by atoms with Gasteiger partial charge in [0.1, 0.15) is 6.33 Å². The highest BCUT2D eigenvalue weighted by Crippen LogP contribution is 2.46. The fourth-order valence-corrected chi connectivity index (χ4v) is 2.73. The van der Waals surface area contributed by atoms with Crippen molar-refractivity contribution in [3.05, 3.63) is 18.7 Å². The van der Waals surface area contributed by atoms with Gasteiger partial charge < -0.3 is 10.6 Å². The van der Waals surface area contributed by atoms with Crippen molar-refractivity contribution in [3.8, 4) is 5.95 Å². The summed E-state index contributed by atoms with van der Waals surface area (Å²) in [6.45, 7) is 3.66. The van der Waals surface area contributed by atoms with E-state index in [2.05, 4.69) is 36.8 Å². The quantitative estimate of drug-likeness (QED) is 0.807. The van der Waals surface area contributed by atoms with Crippen LogP contribution >= 0.6 is 11.8 Å². The summed E-state index contributed by atoms with van der Waals surface area (Å²) in [7, 11) is 0. The van der Waals surface area contributed by atoms with Gasteiger partial charge in [-0.3, -0.25) is 4.57 Å². The van der Waals surface area contributed by atoms with Crippen LogP contribution in [0, 0.1) is 0 Å². The van der Waals surface area contributed by atoms with Crippen LogP contribution in [-0.4, -0.2) is 48.6 Å². The average molecular weight is 305 g/mol. The van der Waals surface area contributed by atoms with Crippen molar-refractivity contribution in [1.29, 1.82) is 0 Å². The molecule has 0 unspecified atom stereocenters. The number of aromatic nitrogens is 5. The Kier molecular flexibility index (Phi) is 3.96. The summed E-state index contributed by atoms with van der Waals surface area (Å²) in [4.78, 5) is 17.3. The second-order valence-electron chi connectivity index (χ2n) is 5.02. The fourth-order valence-electron chi connectivity index (χ4n) is 2.01. The molecule has 0 amide bonds. The molecule has 0 saturated heterocycles. The van der Waals surface area contributed by atoms with E-state index in [0.717, 1.165) is 13.1 Å². The molecular weight excluding hydrogens is 286 g/mol. The minimum absolute atomic E-state index is 0.361. The van der Waals surface area contributed by atoms with Crippen molar-refractivity contribution >= 4 is 23.7 Å². The molecule has 1 fully saturated rings. The molecule has 8 heteroatoms. The topological polar surface area (TPSA) is 80.5 Å². The molecule has 0 aliphatic heterocycles. The number of nitrogens with zero attached hydrogens (tertiary/aromatic N) is 5. The van der Waals surface area contributed by atoms with Crippen LogP contribution in [0.4, 0.5) is 11.9 Å². The molecule has 2 aromatic heterocycles. The summed E-state index contributed by atoms with van der Waals surface area (Å²) in [5.41, 5.74) is 0. The molecule has 1 aliphatic carbocycles. The number of anilines is 2. The maximum Gasteiger partial charge on any atom is 0.241 e. The lowest BCUT2D eigenvalue weighted by Crippen LogP contribution is -2.20. The van der Waals surface area contributed by atoms with Gasteiger partial charge in [-0.05, 0) is 26.0 Å². The molecule has 1 aliphatic rings. The molecule has 21 heavy (non-hydrogen) atoms. The lowest BCUT2D eigenvalue weighted by molar-refractivity contribution is 0.870. The van der Waals surface area contributed by atoms with E-state index in [-0.39, 0.29) is 0 Å². The van der Waals surface area contributed by atoms with Crippen molar-refractivity contribution < 1.29 is 0 Å². The molecule has 0 aromatic carbocycles. The number of thioether (sulfide) groups is 1. The minimum Gasteiger partial charge on any atom is -0.354 e. The van der Waals surface area contributed by atoms with Crippen molar-refractivity contribution in [2.24, 2.45) is 0 Å². The summed E-state index contributed by atoms with van der Waals surface area (Å²) >= 11 is 1.91. The van der Waals surface area contributed by atoms with Gasteiger partial charge >= 0.3 is 0 Å². The zero-order valence-electron chi connectivity index (χ0n) is 12.2. The Bertz CT molecular complexity index is 595. The van der Waals surface area contributed by atoms with E-state index in [0.29, 0.717) is 22.6 Å². The predicted octanol–water partition coefficient (Wildman–Crippen LogP) is 1.80. The average Bonchev–Trinajstić information content (AvgIpc) is 3.07. The van der Waals surface area contributed by atoms with Gasteiger partial charge in [0.05, 0.1) is 0 Å². The molecule has 0 radical (unpaired) electrons. The van der Waals surface area contributed by atoms with Crippen molar-refractivity contribution in [2.75, 3.05) is 30.0 Å². The third-order valence-electron chi connectivity index (χ3n) is 3.50. The molecule has 2 aromatic rings. The minimum atomic E-state index is 0.361. The maximum absolute atomic E-state index is 4.46. The van der Waals surface area contributed by atoms with Gasteiger partial charge in [0, 0.05) is 30.2 Å². The summed E-state index contributed by atoms with van der Waals surface area (Å²) in [6.07, 6.45) is 9.86. The summed E-state index contributed by atoms with van der Waals surface area (Å²) in [6, 6.07) is 0. The third-order valence-corrected chi connectivity index (χ3v) is 4.92. The Morgan fingerprint density at radius 1 is 1.24 bits per heavy atom. The van der Waals surface area contributed by atoms with Crippen LogP contribution in [0.3, 0.4) is 0 Å². The van der Waals surface area contributed by atoms with Gasteiger partial charge in [0.25, 0.3) is 0 Å². The van der Waals surface area contributed by atoms with Crippen LogP contribution in [0.15, 0.2) is 18.7 Å². The third kappa shape index (κ3) is 3.26. The highest BCUT2D eigenvalue weighted by Gasteiger charge is 2.41. The first-order chi connectivity index (χ1) is 10.2. The van der Waals surface area contributed by atoms with Crippen LogP contribution in [0.1, 0.15) is 19.8 Å². The fraction of sp³-hybridized carbons (Fsp3) is 0.538. The van der Waals surface area contributed by atoms with E-state index < -0.39 is 0 Å². The Balaban J connectivity index is 1.81. The molecule has 3 rings (SSSR count). The summed E-state index contributed by atoms with van der Waals surface area (Å²) in [5.74, 6) is 1.74. The van der Waals surface area contributed by atoms with Gasteiger partial charge in [0.15, 0.2) is 0 Å². The Morgan fingerprint density at radius 2 is 2.00 bits per heavy atom. The smallest absolute Gasteiger partial charge is 0.241 e. The number of hydrogen-bond acceptors (Lipinski definition) is 7. The first kappa shape index (κ1) is 14.1. The van der Waals surface area contributed by atoms with Gasteiger partial charge in [-0.1, -0.05) is 0 Å². The second-order valence-corrected chi connectivity index (χ2v) is 6.30. The predicted molar refractivity (Wildman–Crippen MR) is 85.1 cm³/mol. The summed E-state index contributed by atoms with van der Waals surface area (Å²) in [5, 5.41) is 6.48. The molecule has 0 bridgehead atoms. The SMILES string of the molecule is CCNc1nc(NCC2(SC)CC2)nc(-n2ccnc2)n1. The van der Waals surface area contributed by atoms with Gasteiger partial charge in [0.2, 0.25) is 17.8 Å². The van der Waals surface area contributed by atoms with Crippen LogP contribution < -0.4 is 10.6 Å². The first-order valence-electron chi connectivity index (χ1n) is 7.02. The van der Waals surface area contributed by atoms with Crippen molar-refractivity contribution in [2.45, 2.75) is 24.5 Å². The first-order valence-corrected chi connectivity index (χ1v) is 8.24. The normalized spacial score (nSPS) is 15.7. The Labute approximate surface area is 128 Å². The van der Waals surface area contributed by atoms with Crippen molar-refractivity contribution in [1.82, 2.24) is 24.5 Å². The van der Waals surface area contributed by atoms with E-state index in [4.69, 9.17) is 0 Å². The van der Waals surface area contributed by atoms with E-state index in [1.165, 1.54) is 12.8 Å². The van der Waals surface area contributed by atoms with Crippen LogP contribution in [-0.2, 0) is 0 Å². The molecular formula is C13H19N7S. The standard InChI is InChI=1S/C13H19N7S/c1-3-15-10-17-11(16-8-13(21-2)4-5-13)19-12(18-10)20-7-6-14-9-20/h6-7,9H,3-5,8H2,1-2H3,(H2,15,16,17,18,19). The molecule has 2 heterocycles. The summed E-state index contributed by atoms with van der Waals surface area (Å²) < 4.78 is 2.13. The zero-order valence-corrected chi connectivity index (χ0v) is 13.0. The highest BCUT2D eigenvalue weighted by molar-refractivity contribution is 8.00. The van der Waals surface area contributed by atoms with Gasteiger partial charge in [-0.2, -0.15) is 26.7 Å². The van der Waals surface area contributed by atoms with Crippen molar-refractivity contribution in [3.63, 3.8) is 0 Å². The Morgan fingerprint density at radius 3 is 2.57 bits per heavy atom. The molecule has 7 nitrogen and oxygen atoms in total. The molecule has 0 atom stereocenters. The van der Waals surface area contributed by atoms with E-state index in [1.807, 2.05) is 24.9 Å². The highest BCUT2D eigenvalue weighted by atomic mass is 32.2. The number of rotatable bonds is 7. The van der Waals surface area contributed by atoms with Crippen LogP contribution in [0.2, 0.25) is 0 Å².